The lowest BCUT2D eigenvalue weighted by molar-refractivity contribution is 0.0946. The summed E-state index contributed by atoms with van der Waals surface area (Å²) in [6.07, 6.45) is 3.88. The molecule has 4 aromatic rings. The fourth-order valence-corrected chi connectivity index (χ4v) is 4.21. The van der Waals surface area contributed by atoms with Crippen LogP contribution in [0.25, 0.3) is 28.0 Å². The van der Waals surface area contributed by atoms with Crippen LogP contribution in [-0.4, -0.2) is 53.5 Å². The van der Waals surface area contributed by atoms with E-state index in [1.807, 2.05) is 71.4 Å². The second-order valence-corrected chi connectivity index (χ2v) is 8.44. The Morgan fingerprint density at radius 1 is 1.06 bits per heavy atom. The SMILES string of the molecule is CCN(CC)CCNC(=O)c1ccc(-c2ccc3cnc(-c4cccc(Cl)c4)n3c2)cc1OC. The van der Waals surface area contributed by atoms with Crippen molar-refractivity contribution in [2.45, 2.75) is 13.8 Å². The second kappa shape index (κ2) is 10.7. The van der Waals surface area contributed by atoms with Gasteiger partial charge in [-0.25, -0.2) is 4.98 Å². The van der Waals surface area contributed by atoms with E-state index < -0.39 is 0 Å². The van der Waals surface area contributed by atoms with Crippen LogP contribution in [0.5, 0.6) is 5.75 Å². The maximum absolute atomic E-state index is 12.8. The number of likely N-dealkylation sites (N-methyl/N-ethyl adjacent to an activating group) is 1. The number of imidazole rings is 1. The van der Waals surface area contributed by atoms with Gasteiger partial charge in [0.25, 0.3) is 5.91 Å². The van der Waals surface area contributed by atoms with E-state index in [4.69, 9.17) is 16.3 Å². The zero-order valence-corrected chi connectivity index (χ0v) is 20.5. The number of nitrogens with zero attached hydrogens (tertiary/aromatic N) is 3. The molecule has 0 aliphatic heterocycles. The van der Waals surface area contributed by atoms with Gasteiger partial charge in [0.15, 0.2) is 0 Å². The van der Waals surface area contributed by atoms with E-state index >= 15 is 0 Å². The monoisotopic (exact) mass is 476 g/mol. The first-order valence-electron chi connectivity index (χ1n) is 11.5. The number of benzene rings is 2. The number of carbonyl (C=O) groups is 1. The summed E-state index contributed by atoms with van der Waals surface area (Å²) >= 11 is 6.19. The molecule has 34 heavy (non-hydrogen) atoms. The summed E-state index contributed by atoms with van der Waals surface area (Å²) in [4.78, 5) is 19.6. The highest BCUT2D eigenvalue weighted by molar-refractivity contribution is 6.30. The molecule has 0 unspecified atom stereocenters. The van der Waals surface area contributed by atoms with Gasteiger partial charge in [-0.15, -0.1) is 0 Å². The van der Waals surface area contributed by atoms with Gasteiger partial charge in [-0.3, -0.25) is 9.20 Å². The normalized spacial score (nSPS) is 11.2. The van der Waals surface area contributed by atoms with Crippen LogP contribution >= 0.6 is 11.6 Å². The minimum Gasteiger partial charge on any atom is -0.496 e. The molecule has 1 N–H and O–H groups in total. The van der Waals surface area contributed by atoms with Crippen molar-refractivity contribution in [1.29, 1.82) is 0 Å². The molecule has 0 saturated heterocycles. The Bertz CT molecular complexity index is 1300. The van der Waals surface area contributed by atoms with Crippen molar-refractivity contribution in [3.63, 3.8) is 0 Å². The zero-order chi connectivity index (χ0) is 24.1. The predicted molar refractivity (Wildman–Crippen MR) is 138 cm³/mol. The molecule has 0 saturated carbocycles. The van der Waals surface area contributed by atoms with Gasteiger partial charge >= 0.3 is 0 Å². The number of nitrogens with one attached hydrogen (secondary N) is 1. The molecule has 2 aromatic carbocycles. The van der Waals surface area contributed by atoms with Gasteiger partial charge in [0.2, 0.25) is 0 Å². The standard InChI is InChI=1S/C27H29ClN4O2/c1-4-31(5-2)14-13-29-27(33)24-12-10-19(16-25(24)34-3)21-9-11-23-17-30-26(32(23)18-21)20-7-6-8-22(28)15-20/h6-12,15-18H,4-5,13-14H2,1-3H3,(H,29,33). The summed E-state index contributed by atoms with van der Waals surface area (Å²) < 4.78 is 7.62. The average molecular weight is 477 g/mol. The summed E-state index contributed by atoms with van der Waals surface area (Å²) in [6, 6.07) is 17.4. The zero-order valence-electron chi connectivity index (χ0n) is 19.7. The van der Waals surface area contributed by atoms with Crippen LogP contribution < -0.4 is 10.1 Å². The lowest BCUT2D eigenvalue weighted by Crippen LogP contribution is -2.34. The minimum atomic E-state index is -0.135. The molecule has 2 aromatic heterocycles. The molecule has 0 bridgehead atoms. The number of ether oxygens (including phenoxy) is 1. The Hall–Kier alpha value is -3.35. The Balaban J connectivity index is 1.60. The first-order valence-corrected chi connectivity index (χ1v) is 11.8. The quantitative estimate of drug-likeness (QED) is 0.351. The number of halogens is 1. The fraction of sp³-hybridized carbons (Fsp3) is 0.259. The summed E-state index contributed by atoms with van der Waals surface area (Å²) in [5.41, 5.74) is 4.38. The van der Waals surface area contributed by atoms with Crippen molar-refractivity contribution in [3.8, 4) is 28.3 Å². The Labute approximate surface area is 205 Å². The molecule has 176 valence electrons. The van der Waals surface area contributed by atoms with E-state index in [1.54, 1.807) is 7.11 Å². The van der Waals surface area contributed by atoms with Gasteiger partial charge in [-0.1, -0.05) is 49.7 Å². The maximum Gasteiger partial charge on any atom is 0.255 e. The minimum absolute atomic E-state index is 0.135. The highest BCUT2D eigenvalue weighted by atomic mass is 35.5. The Kier molecular flexibility index (Phi) is 7.50. The lowest BCUT2D eigenvalue weighted by Gasteiger charge is -2.18. The second-order valence-electron chi connectivity index (χ2n) is 8.00. The van der Waals surface area contributed by atoms with Crippen LogP contribution in [-0.2, 0) is 0 Å². The molecule has 2 heterocycles. The number of fused-ring (bicyclic) bond motifs is 1. The number of pyridine rings is 1. The highest BCUT2D eigenvalue weighted by Gasteiger charge is 2.15. The van der Waals surface area contributed by atoms with Crippen LogP contribution in [0.15, 0.2) is 67.0 Å². The number of aromatic nitrogens is 2. The van der Waals surface area contributed by atoms with Gasteiger partial charge < -0.3 is 15.0 Å². The molecule has 0 aliphatic carbocycles. The lowest BCUT2D eigenvalue weighted by atomic mass is 10.0. The largest absolute Gasteiger partial charge is 0.496 e. The number of hydrogen-bond acceptors (Lipinski definition) is 4. The van der Waals surface area contributed by atoms with Crippen molar-refractivity contribution < 1.29 is 9.53 Å². The van der Waals surface area contributed by atoms with Gasteiger partial charge in [-0.2, -0.15) is 0 Å². The number of amides is 1. The highest BCUT2D eigenvalue weighted by Crippen LogP contribution is 2.30. The van der Waals surface area contributed by atoms with Crippen LogP contribution in [0.2, 0.25) is 5.02 Å². The fourth-order valence-electron chi connectivity index (χ4n) is 4.02. The molecule has 1 amide bonds. The van der Waals surface area contributed by atoms with E-state index in [1.165, 1.54) is 0 Å². The van der Waals surface area contributed by atoms with Gasteiger partial charge in [0.1, 0.15) is 11.6 Å². The van der Waals surface area contributed by atoms with E-state index in [0.29, 0.717) is 22.9 Å². The van der Waals surface area contributed by atoms with Crippen LogP contribution in [0, 0.1) is 0 Å². The molecule has 7 heteroatoms. The third-order valence-corrected chi connectivity index (χ3v) is 6.23. The molecular formula is C27H29ClN4O2. The van der Waals surface area contributed by atoms with E-state index in [0.717, 1.165) is 47.7 Å². The third kappa shape index (κ3) is 5.08. The Morgan fingerprint density at radius 2 is 1.85 bits per heavy atom. The first kappa shape index (κ1) is 23.8. The van der Waals surface area contributed by atoms with Crippen molar-refractivity contribution >= 4 is 23.0 Å². The molecule has 0 radical (unpaired) electrons. The maximum atomic E-state index is 12.8. The van der Waals surface area contributed by atoms with Gasteiger partial charge in [0.05, 0.1) is 24.4 Å². The van der Waals surface area contributed by atoms with Crippen LogP contribution in [0.4, 0.5) is 0 Å². The first-order chi connectivity index (χ1) is 16.5. The van der Waals surface area contributed by atoms with E-state index in [9.17, 15) is 4.79 Å². The summed E-state index contributed by atoms with van der Waals surface area (Å²) in [6.45, 7) is 7.57. The van der Waals surface area contributed by atoms with E-state index in [2.05, 4.69) is 29.0 Å². The topological polar surface area (TPSA) is 58.9 Å². The number of methoxy groups -OCH3 is 1. The smallest absolute Gasteiger partial charge is 0.255 e. The third-order valence-electron chi connectivity index (χ3n) is 6.00. The number of hydrogen-bond donors (Lipinski definition) is 1. The average Bonchev–Trinajstić information content (AvgIpc) is 3.29. The summed E-state index contributed by atoms with van der Waals surface area (Å²) in [7, 11) is 1.59. The molecular weight excluding hydrogens is 448 g/mol. The molecule has 6 nitrogen and oxygen atoms in total. The predicted octanol–water partition coefficient (Wildman–Crippen LogP) is 5.40. The molecule has 0 atom stereocenters. The summed E-state index contributed by atoms with van der Waals surface area (Å²) in [5.74, 6) is 1.22. The van der Waals surface area contributed by atoms with Crippen molar-refractivity contribution in [1.82, 2.24) is 19.6 Å². The van der Waals surface area contributed by atoms with E-state index in [-0.39, 0.29) is 5.91 Å². The van der Waals surface area contributed by atoms with Crippen LogP contribution in [0.3, 0.4) is 0 Å². The van der Waals surface area contributed by atoms with Crippen molar-refractivity contribution in [3.05, 3.63) is 77.6 Å². The van der Waals surface area contributed by atoms with Gasteiger partial charge in [-0.05, 0) is 54.5 Å². The Morgan fingerprint density at radius 3 is 2.59 bits per heavy atom. The van der Waals surface area contributed by atoms with Crippen molar-refractivity contribution in [2.24, 2.45) is 0 Å². The summed E-state index contributed by atoms with van der Waals surface area (Å²) in [5, 5.41) is 3.67. The number of rotatable bonds is 9. The number of carbonyl (C=O) groups excluding carboxylic acids is 1. The van der Waals surface area contributed by atoms with Crippen molar-refractivity contribution in [2.75, 3.05) is 33.3 Å². The molecule has 0 aliphatic rings. The van der Waals surface area contributed by atoms with Crippen LogP contribution in [0.1, 0.15) is 24.2 Å². The molecule has 4 rings (SSSR count). The van der Waals surface area contributed by atoms with Gasteiger partial charge in [0, 0.05) is 29.9 Å². The molecule has 0 spiro atoms. The molecule has 0 fully saturated rings.